The molecule has 1 aliphatic heterocycles. The molecule has 1 N–H and O–H groups in total. The van der Waals surface area contributed by atoms with E-state index in [1.807, 2.05) is 0 Å². The summed E-state index contributed by atoms with van der Waals surface area (Å²) in [4.78, 5) is 5.02. The molecule has 1 fully saturated rings. The van der Waals surface area contributed by atoms with Crippen LogP contribution >= 0.6 is 0 Å². The standard InChI is InChI=1S/C17H37N3O/c1-6-16(4)13-19(5)7-8-20-9-10-21-17(14-20)12-18-11-15(2)3/h15-18H,6-14H2,1-5H3/t16?,17-/m0/s1. The first-order chi connectivity index (χ1) is 10.0. The molecule has 0 bridgehead atoms. The van der Waals surface area contributed by atoms with Crippen LogP contribution in [-0.2, 0) is 4.74 Å². The predicted molar refractivity (Wildman–Crippen MR) is 90.8 cm³/mol. The van der Waals surface area contributed by atoms with Gasteiger partial charge in [0.05, 0.1) is 12.7 Å². The average Bonchev–Trinajstić information content (AvgIpc) is 2.45. The summed E-state index contributed by atoms with van der Waals surface area (Å²) in [6, 6.07) is 0. The van der Waals surface area contributed by atoms with Crippen LogP contribution in [0, 0.1) is 11.8 Å². The lowest BCUT2D eigenvalue weighted by Crippen LogP contribution is -2.48. The fourth-order valence-electron chi connectivity index (χ4n) is 2.70. The number of hydrogen-bond acceptors (Lipinski definition) is 4. The Bertz CT molecular complexity index is 260. The van der Waals surface area contributed by atoms with E-state index in [4.69, 9.17) is 4.74 Å². The fraction of sp³-hybridized carbons (Fsp3) is 1.00. The van der Waals surface area contributed by atoms with Crippen LogP contribution in [0.2, 0.25) is 0 Å². The molecule has 21 heavy (non-hydrogen) atoms. The molecule has 2 atom stereocenters. The Hall–Kier alpha value is -0.160. The van der Waals surface area contributed by atoms with E-state index in [1.54, 1.807) is 0 Å². The highest BCUT2D eigenvalue weighted by molar-refractivity contribution is 4.74. The lowest BCUT2D eigenvalue weighted by Gasteiger charge is -2.34. The molecule has 1 heterocycles. The second-order valence-corrected chi connectivity index (χ2v) is 7.12. The van der Waals surface area contributed by atoms with Gasteiger partial charge in [0.25, 0.3) is 0 Å². The predicted octanol–water partition coefficient (Wildman–Crippen LogP) is 1.91. The number of hydrogen-bond donors (Lipinski definition) is 1. The van der Waals surface area contributed by atoms with Crippen molar-refractivity contribution in [3.8, 4) is 0 Å². The van der Waals surface area contributed by atoms with E-state index in [2.05, 4.69) is 49.9 Å². The average molecular weight is 300 g/mol. The quantitative estimate of drug-likeness (QED) is 0.667. The van der Waals surface area contributed by atoms with Crippen molar-refractivity contribution < 1.29 is 4.74 Å². The van der Waals surface area contributed by atoms with Crippen molar-refractivity contribution in [2.45, 2.75) is 40.2 Å². The Morgan fingerprint density at radius 3 is 2.76 bits per heavy atom. The summed E-state index contributed by atoms with van der Waals surface area (Å²) in [6.45, 7) is 17.7. The van der Waals surface area contributed by atoms with Crippen molar-refractivity contribution >= 4 is 0 Å². The molecule has 0 aliphatic carbocycles. The topological polar surface area (TPSA) is 27.7 Å². The summed E-state index contributed by atoms with van der Waals surface area (Å²) in [5, 5.41) is 3.51. The van der Waals surface area contributed by atoms with Crippen LogP contribution in [-0.4, -0.2) is 75.4 Å². The molecule has 4 nitrogen and oxygen atoms in total. The van der Waals surface area contributed by atoms with Crippen LogP contribution in [0.3, 0.4) is 0 Å². The molecule has 0 aromatic heterocycles. The van der Waals surface area contributed by atoms with E-state index >= 15 is 0 Å². The van der Waals surface area contributed by atoms with Gasteiger partial charge in [-0.15, -0.1) is 0 Å². The summed E-state index contributed by atoms with van der Waals surface area (Å²) < 4.78 is 5.86. The van der Waals surface area contributed by atoms with Gasteiger partial charge < -0.3 is 15.0 Å². The van der Waals surface area contributed by atoms with Crippen molar-refractivity contribution in [1.82, 2.24) is 15.1 Å². The smallest absolute Gasteiger partial charge is 0.0826 e. The molecule has 126 valence electrons. The molecule has 0 radical (unpaired) electrons. The lowest BCUT2D eigenvalue weighted by atomic mass is 10.1. The molecule has 1 unspecified atom stereocenters. The monoisotopic (exact) mass is 299 g/mol. The van der Waals surface area contributed by atoms with Crippen molar-refractivity contribution in [3.05, 3.63) is 0 Å². The molecule has 1 saturated heterocycles. The molecule has 0 aromatic rings. The molecular weight excluding hydrogens is 262 g/mol. The number of rotatable bonds is 10. The maximum absolute atomic E-state index is 5.86. The molecule has 0 saturated carbocycles. The van der Waals surface area contributed by atoms with Crippen LogP contribution in [0.1, 0.15) is 34.1 Å². The third kappa shape index (κ3) is 8.77. The molecule has 1 rings (SSSR count). The fourth-order valence-corrected chi connectivity index (χ4v) is 2.70. The van der Waals surface area contributed by atoms with Gasteiger partial charge in [-0.3, -0.25) is 4.90 Å². The molecule has 0 spiro atoms. The van der Waals surface area contributed by atoms with E-state index in [0.29, 0.717) is 12.0 Å². The minimum atomic E-state index is 0.359. The summed E-state index contributed by atoms with van der Waals surface area (Å²) in [5.74, 6) is 1.51. The minimum Gasteiger partial charge on any atom is -0.374 e. The molecule has 0 amide bonds. The number of likely N-dealkylation sites (N-methyl/N-ethyl adjacent to an activating group) is 1. The normalized spacial score (nSPS) is 22.1. The second kappa shape index (κ2) is 10.5. The van der Waals surface area contributed by atoms with E-state index in [9.17, 15) is 0 Å². The molecule has 1 aliphatic rings. The molecule has 4 heteroatoms. The van der Waals surface area contributed by atoms with Gasteiger partial charge in [0, 0.05) is 39.3 Å². The zero-order valence-electron chi connectivity index (χ0n) is 14.9. The zero-order valence-corrected chi connectivity index (χ0v) is 14.9. The second-order valence-electron chi connectivity index (χ2n) is 7.12. The Kier molecular flexibility index (Phi) is 9.49. The maximum Gasteiger partial charge on any atom is 0.0826 e. The zero-order chi connectivity index (χ0) is 15.7. The Balaban J connectivity index is 2.17. The minimum absolute atomic E-state index is 0.359. The first-order valence-electron chi connectivity index (χ1n) is 8.74. The summed E-state index contributed by atoms with van der Waals surface area (Å²) >= 11 is 0. The summed E-state index contributed by atoms with van der Waals surface area (Å²) in [5.41, 5.74) is 0. The Labute approximate surface area is 132 Å². The van der Waals surface area contributed by atoms with Crippen LogP contribution < -0.4 is 5.32 Å². The van der Waals surface area contributed by atoms with Crippen LogP contribution in [0.25, 0.3) is 0 Å². The highest BCUT2D eigenvalue weighted by Gasteiger charge is 2.20. The van der Waals surface area contributed by atoms with Crippen LogP contribution in [0.15, 0.2) is 0 Å². The number of ether oxygens (including phenoxy) is 1. The van der Waals surface area contributed by atoms with Gasteiger partial charge in [0.15, 0.2) is 0 Å². The summed E-state index contributed by atoms with van der Waals surface area (Å²) in [6.07, 6.45) is 1.63. The van der Waals surface area contributed by atoms with Gasteiger partial charge in [-0.2, -0.15) is 0 Å². The third-order valence-electron chi connectivity index (χ3n) is 4.27. The highest BCUT2D eigenvalue weighted by Crippen LogP contribution is 2.06. The van der Waals surface area contributed by atoms with Crippen molar-refractivity contribution in [2.75, 3.05) is 59.5 Å². The van der Waals surface area contributed by atoms with Crippen LogP contribution in [0.4, 0.5) is 0 Å². The van der Waals surface area contributed by atoms with Gasteiger partial charge in [-0.25, -0.2) is 0 Å². The van der Waals surface area contributed by atoms with E-state index < -0.39 is 0 Å². The van der Waals surface area contributed by atoms with Gasteiger partial charge in [-0.1, -0.05) is 34.1 Å². The number of nitrogens with one attached hydrogen (secondary N) is 1. The number of nitrogens with zero attached hydrogens (tertiary/aromatic N) is 2. The third-order valence-corrected chi connectivity index (χ3v) is 4.27. The van der Waals surface area contributed by atoms with Gasteiger partial charge >= 0.3 is 0 Å². The van der Waals surface area contributed by atoms with Crippen molar-refractivity contribution in [1.29, 1.82) is 0 Å². The van der Waals surface area contributed by atoms with Crippen molar-refractivity contribution in [3.63, 3.8) is 0 Å². The lowest BCUT2D eigenvalue weighted by molar-refractivity contribution is -0.0290. The SMILES string of the molecule is CCC(C)CN(C)CCN1CCO[C@@H](CNCC(C)C)C1. The first-order valence-corrected chi connectivity index (χ1v) is 8.74. The first kappa shape index (κ1) is 18.9. The van der Waals surface area contributed by atoms with E-state index in [0.717, 1.165) is 51.8 Å². The highest BCUT2D eigenvalue weighted by atomic mass is 16.5. The van der Waals surface area contributed by atoms with Gasteiger partial charge in [0.1, 0.15) is 0 Å². The molecular formula is C17H37N3O. The van der Waals surface area contributed by atoms with Gasteiger partial charge in [0.2, 0.25) is 0 Å². The van der Waals surface area contributed by atoms with E-state index in [-0.39, 0.29) is 0 Å². The summed E-state index contributed by atoms with van der Waals surface area (Å²) in [7, 11) is 2.24. The maximum atomic E-state index is 5.86. The van der Waals surface area contributed by atoms with Gasteiger partial charge in [-0.05, 0) is 25.4 Å². The Morgan fingerprint density at radius 2 is 2.10 bits per heavy atom. The van der Waals surface area contributed by atoms with Crippen molar-refractivity contribution in [2.24, 2.45) is 11.8 Å². The molecule has 0 aromatic carbocycles. The van der Waals surface area contributed by atoms with Crippen LogP contribution in [0.5, 0.6) is 0 Å². The number of morpholine rings is 1. The Morgan fingerprint density at radius 1 is 1.33 bits per heavy atom. The van der Waals surface area contributed by atoms with E-state index in [1.165, 1.54) is 13.0 Å². The largest absolute Gasteiger partial charge is 0.374 e.